The molecule has 0 fully saturated rings. The fraction of sp³-hybridized carbons (Fsp3) is 0.467. The summed E-state index contributed by atoms with van der Waals surface area (Å²) in [7, 11) is 0. The number of hydrogen-bond acceptors (Lipinski definition) is 5. The second kappa shape index (κ2) is 8.53. The van der Waals surface area contributed by atoms with E-state index in [2.05, 4.69) is 14.8 Å². The van der Waals surface area contributed by atoms with E-state index >= 15 is 0 Å². The molecule has 0 unspecified atom stereocenters. The van der Waals surface area contributed by atoms with Gasteiger partial charge < -0.3 is 9.47 Å². The average Bonchev–Trinajstić information content (AvgIpc) is 2.51. The summed E-state index contributed by atoms with van der Waals surface area (Å²) in [4.78, 5) is 23.5. The number of hydrogen-bond donors (Lipinski definition) is 2. The standard InChI is InChI=1S/C15H19F3N2O4/c1-3-23-12(21)14(15(16,17)18,20-13(22)24-4-2)19-10-11-8-6-5-7-9-11/h5-9,19H,3-4,10H2,1-2H3,(H,20,22)/t14-/m1/s1. The number of rotatable bonds is 7. The first-order valence-electron chi connectivity index (χ1n) is 7.24. The van der Waals surface area contributed by atoms with E-state index in [1.165, 1.54) is 13.8 Å². The zero-order valence-electron chi connectivity index (χ0n) is 13.3. The van der Waals surface area contributed by atoms with Crippen molar-refractivity contribution >= 4 is 12.1 Å². The Labute approximate surface area is 137 Å². The predicted octanol–water partition coefficient (Wildman–Crippen LogP) is 2.34. The maximum Gasteiger partial charge on any atom is 0.436 e. The summed E-state index contributed by atoms with van der Waals surface area (Å²) >= 11 is 0. The quantitative estimate of drug-likeness (QED) is 0.584. The molecule has 0 bridgehead atoms. The van der Waals surface area contributed by atoms with Crippen molar-refractivity contribution in [2.75, 3.05) is 13.2 Å². The lowest BCUT2D eigenvalue weighted by Gasteiger charge is -2.34. The molecular formula is C15H19F3N2O4. The van der Waals surface area contributed by atoms with Crippen LogP contribution in [0.5, 0.6) is 0 Å². The van der Waals surface area contributed by atoms with Gasteiger partial charge in [-0.1, -0.05) is 30.3 Å². The van der Waals surface area contributed by atoms with E-state index in [1.807, 2.05) is 0 Å². The highest BCUT2D eigenvalue weighted by Gasteiger charge is 2.63. The maximum atomic E-state index is 13.6. The zero-order valence-corrected chi connectivity index (χ0v) is 13.3. The third-order valence-electron chi connectivity index (χ3n) is 2.97. The SMILES string of the molecule is CCOC(=O)N[C@](NCc1ccccc1)(C(=O)OCC)C(F)(F)F. The molecular weight excluding hydrogens is 329 g/mol. The molecule has 2 N–H and O–H groups in total. The monoisotopic (exact) mass is 348 g/mol. The number of alkyl carbamates (subject to hydrolysis) is 1. The van der Waals surface area contributed by atoms with Crippen LogP contribution in [0.1, 0.15) is 19.4 Å². The highest BCUT2D eigenvalue weighted by atomic mass is 19.4. The molecule has 1 atom stereocenters. The van der Waals surface area contributed by atoms with E-state index in [0.717, 1.165) is 0 Å². The van der Waals surface area contributed by atoms with Gasteiger partial charge in [-0.15, -0.1) is 0 Å². The second-order valence-corrected chi connectivity index (χ2v) is 4.65. The van der Waals surface area contributed by atoms with Crippen LogP contribution in [0.3, 0.4) is 0 Å². The molecule has 1 rings (SSSR count). The minimum Gasteiger partial charge on any atom is -0.463 e. The van der Waals surface area contributed by atoms with E-state index in [0.29, 0.717) is 5.56 Å². The topological polar surface area (TPSA) is 76.7 Å². The number of amides is 1. The van der Waals surface area contributed by atoms with Crippen molar-refractivity contribution in [3.63, 3.8) is 0 Å². The molecule has 0 spiro atoms. The molecule has 0 heterocycles. The average molecular weight is 348 g/mol. The first-order valence-corrected chi connectivity index (χ1v) is 7.24. The van der Waals surface area contributed by atoms with Crippen molar-refractivity contribution in [1.29, 1.82) is 0 Å². The van der Waals surface area contributed by atoms with Gasteiger partial charge in [0.05, 0.1) is 13.2 Å². The Kier molecular flexibility index (Phi) is 7.02. The molecule has 0 radical (unpaired) electrons. The number of halogens is 3. The van der Waals surface area contributed by atoms with Crippen LogP contribution in [0, 0.1) is 0 Å². The lowest BCUT2D eigenvalue weighted by atomic mass is 10.1. The van der Waals surface area contributed by atoms with Crippen molar-refractivity contribution in [1.82, 2.24) is 10.6 Å². The largest absolute Gasteiger partial charge is 0.463 e. The van der Waals surface area contributed by atoms with Crippen molar-refractivity contribution in [2.24, 2.45) is 0 Å². The van der Waals surface area contributed by atoms with Crippen LogP contribution in [0.15, 0.2) is 30.3 Å². The summed E-state index contributed by atoms with van der Waals surface area (Å²) in [5.41, 5.74) is -2.92. The van der Waals surface area contributed by atoms with E-state index in [4.69, 9.17) is 0 Å². The summed E-state index contributed by atoms with van der Waals surface area (Å²) in [5.74, 6) is -1.67. The van der Waals surface area contributed by atoms with Gasteiger partial charge in [0.25, 0.3) is 5.66 Å². The van der Waals surface area contributed by atoms with Crippen LogP contribution in [0.2, 0.25) is 0 Å². The second-order valence-electron chi connectivity index (χ2n) is 4.65. The lowest BCUT2D eigenvalue weighted by Crippen LogP contribution is -2.72. The summed E-state index contributed by atoms with van der Waals surface area (Å²) in [5, 5.41) is 3.61. The van der Waals surface area contributed by atoms with E-state index in [1.54, 1.807) is 35.6 Å². The molecule has 1 aromatic carbocycles. The molecule has 0 saturated heterocycles. The van der Waals surface area contributed by atoms with Gasteiger partial charge in [-0.2, -0.15) is 13.2 Å². The van der Waals surface area contributed by atoms with Crippen LogP contribution in [0.25, 0.3) is 0 Å². The summed E-state index contributed by atoms with van der Waals surface area (Å²) in [6, 6.07) is 8.11. The van der Waals surface area contributed by atoms with Crippen LogP contribution < -0.4 is 10.6 Å². The van der Waals surface area contributed by atoms with Gasteiger partial charge in [-0.3, -0.25) is 10.6 Å². The molecule has 0 aliphatic rings. The first kappa shape index (κ1) is 19.8. The molecule has 0 aliphatic heterocycles. The van der Waals surface area contributed by atoms with E-state index < -0.39 is 23.9 Å². The molecule has 134 valence electrons. The van der Waals surface area contributed by atoms with Gasteiger partial charge in [0.15, 0.2) is 0 Å². The Morgan fingerprint density at radius 1 is 1.04 bits per heavy atom. The third kappa shape index (κ3) is 4.85. The van der Waals surface area contributed by atoms with Crippen LogP contribution in [0.4, 0.5) is 18.0 Å². The summed E-state index contributed by atoms with van der Waals surface area (Å²) in [6.45, 7) is 2.03. The number of benzene rings is 1. The highest BCUT2D eigenvalue weighted by molar-refractivity contribution is 5.86. The Balaban J connectivity index is 3.13. The predicted molar refractivity (Wildman–Crippen MR) is 78.9 cm³/mol. The number of ether oxygens (including phenoxy) is 2. The molecule has 1 amide bonds. The highest BCUT2D eigenvalue weighted by Crippen LogP contribution is 2.30. The van der Waals surface area contributed by atoms with Gasteiger partial charge in [0, 0.05) is 6.54 Å². The molecule has 0 aliphatic carbocycles. The third-order valence-corrected chi connectivity index (χ3v) is 2.97. The summed E-state index contributed by atoms with van der Waals surface area (Å²) < 4.78 is 49.8. The Morgan fingerprint density at radius 2 is 1.62 bits per heavy atom. The minimum atomic E-state index is -5.15. The van der Waals surface area contributed by atoms with Crippen LogP contribution in [-0.4, -0.2) is 37.1 Å². The van der Waals surface area contributed by atoms with Crippen molar-refractivity contribution in [2.45, 2.75) is 32.2 Å². The van der Waals surface area contributed by atoms with Crippen molar-refractivity contribution in [3.8, 4) is 0 Å². The van der Waals surface area contributed by atoms with Gasteiger partial charge in [-0.05, 0) is 19.4 Å². The van der Waals surface area contributed by atoms with Gasteiger partial charge in [0.2, 0.25) is 0 Å². The lowest BCUT2D eigenvalue weighted by molar-refractivity contribution is -0.219. The smallest absolute Gasteiger partial charge is 0.436 e. The van der Waals surface area contributed by atoms with Gasteiger partial charge >= 0.3 is 18.2 Å². The minimum absolute atomic E-state index is 0.152. The van der Waals surface area contributed by atoms with Gasteiger partial charge in [0.1, 0.15) is 0 Å². The number of alkyl halides is 3. The molecule has 0 aromatic heterocycles. The molecule has 24 heavy (non-hydrogen) atoms. The first-order chi connectivity index (χ1) is 11.3. The number of nitrogens with one attached hydrogen (secondary N) is 2. The maximum absolute atomic E-state index is 13.6. The van der Waals surface area contributed by atoms with Crippen molar-refractivity contribution in [3.05, 3.63) is 35.9 Å². The Hall–Kier alpha value is -2.29. The van der Waals surface area contributed by atoms with E-state index in [9.17, 15) is 22.8 Å². The number of carbonyl (C=O) groups is 2. The zero-order chi connectivity index (χ0) is 18.2. The molecule has 9 heteroatoms. The van der Waals surface area contributed by atoms with Crippen molar-refractivity contribution < 1.29 is 32.2 Å². The summed E-state index contributed by atoms with van der Waals surface area (Å²) in [6.07, 6.45) is -6.54. The molecule has 0 saturated carbocycles. The fourth-order valence-corrected chi connectivity index (χ4v) is 1.84. The normalized spacial score (nSPS) is 13.7. The molecule has 1 aromatic rings. The number of carbonyl (C=O) groups excluding carboxylic acids is 2. The number of esters is 1. The molecule has 6 nitrogen and oxygen atoms in total. The Bertz CT molecular complexity index is 551. The van der Waals surface area contributed by atoms with Crippen LogP contribution in [-0.2, 0) is 20.8 Å². The van der Waals surface area contributed by atoms with Gasteiger partial charge in [-0.25, -0.2) is 9.59 Å². The fourth-order valence-electron chi connectivity index (χ4n) is 1.84. The Morgan fingerprint density at radius 3 is 2.12 bits per heavy atom. The van der Waals surface area contributed by atoms with Crippen LogP contribution >= 0.6 is 0 Å². The van der Waals surface area contributed by atoms with E-state index in [-0.39, 0.29) is 19.8 Å².